The number of carbonyl (C=O) groups excluding carboxylic acids is 1. The minimum atomic E-state index is -0.525. The zero-order valence-electron chi connectivity index (χ0n) is 19.5. The predicted molar refractivity (Wildman–Crippen MR) is 137 cm³/mol. The molecule has 2 aromatic carbocycles. The van der Waals surface area contributed by atoms with Crippen LogP contribution in [0.25, 0.3) is 0 Å². The maximum absolute atomic E-state index is 12.9. The van der Waals surface area contributed by atoms with Crippen LogP contribution in [-0.2, 0) is 16.6 Å². The molecule has 1 saturated carbocycles. The molecule has 5 nitrogen and oxygen atoms in total. The Labute approximate surface area is 211 Å². The molecule has 4 rings (SSSR count). The molecule has 0 spiro atoms. The van der Waals surface area contributed by atoms with E-state index in [1.165, 1.54) is 0 Å². The minimum absolute atomic E-state index is 0.0662. The van der Waals surface area contributed by atoms with Gasteiger partial charge in [-0.05, 0) is 61.2 Å². The molecule has 2 aromatic rings. The Morgan fingerprint density at radius 2 is 2.12 bits per heavy atom. The number of fused-ring (bicyclic) bond motifs is 1. The fraction of sp³-hybridized carbons (Fsp3) is 0.444. The minimum Gasteiger partial charge on any atom is -0.497 e. The van der Waals surface area contributed by atoms with Gasteiger partial charge in [-0.1, -0.05) is 47.5 Å². The number of nitrogens with zero attached hydrogens (tertiary/aromatic N) is 1. The highest BCUT2D eigenvalue weighted by Crippen LogP contribution is 2.49. The van der Waals surface area contributed by atoms with Gasteiger partial charge in [-0.15, -0.1) is 6.58 Å². The number of hydrogen-bond donors (Lipinski definition) is 2. The Hall–Kier alpha value is -2.05. The average molecular weight is 503 g/mol. The van der Waals surface area contributed by atoms with E-state index in [0.29, 0.717) is 16.5 Å². The number of halogens is 2. The number of hydrogen-bond acceptors (Lipinski definition) is 4. The Morgan fingerprint density at radius 1 is 1.29 bits per heavy atom. The molecule has 0 radical (unpaired) electrons. The summed E-state index contributed by atoms with van der Waals surface area (Å²) in [7, 11) is 1.67. The number of piperidine rings is 1. The van der Waals surface area contributed by atoms with E-state index in [-0.39, 0.29) is 29.7 Å². The van der Waals surface area contributed by atoms with Crippen molar-refractivity contribution in [1.29, 1.82) is 0 Å². The molecule has 2 N–H and O–H groups in total. The molecule has 7 heteroatoms. The van der Waals surface area contributed by atoms with Crippen LogP contribution in [0, 0.1) is 5.92 Å². The van der Waals surface area contributed by atoms with Gasteiger partial charge in [0.2, 0.25) is 5.91 Å². The summed E-state index contributed by atoms with van der Waals surface area (Å²) in [4.78, 5) is 15.3. The molecule has 1 aliphatic heterocycles. The zero-order chi connectivity index (χ0) is 24.3. The van der Waals surface area contributed by atoms with Crippen molar-refractivity contribution in [3.63, 3.8) is 0 Å². The molecule has 1 heterocycles. The average Bonchev–Trinajstić information content (AvgIpc) is 2.82. The maximum atomic E-state index is 12.9. The molecular weight excluding hydrogens is 471 g/mol. The second-order valence-electron chi connectivity index (χ2n) is 9.49. The van der Waals surface area contributed by atoms with Crippen molar-refractivity contribution in [3.8, 4) is 5.75 Å². The Morgan fingerprint density at radius 3 is 2.85 bits per heavy atom. The van der Waals surface area contributed by atoms with Gasteiger partial charge in [0.05, 0.1) is 29.7 Å². The fourth-order valence-electron chi connectivity index (χ4n) is 5.79. The van der Waals surface area contributed by atoms with Crippen molar-refractivity contribution >= 4 is 29.1 Å². The van der Waals surface area contributed by atoms with Crippen LogP contribution in [0.2, 0.25) is 10.0 Å². The van der Waals surface area contributed by atoms with Crippen molar-refractivity contribution < 1.29 is 14.6 Å². The lowest BCUT2D eigenvalue weighted by molar-refractivity contribution is -0.122. The third-order valence-electron chi connectivity index (χ3n) is 7.39. The van der Waals surface area contributed by atoms with E-state index < -0.39 is 6.10 Å². The van der Waals surface area contributed by atoms with Crippen molar-refractivity contribution in [1.82, 2.24) is 10.2 Å². The second kappa shape index (κ2) is 10.7. The molecule has 1 aliphatic carbocycles. The van der Waals surface area contributed by atoms with E-state index in [1.807, 2.05) is 24.3 Å². The molecule has 2 fully saturated rings. The van der Waals surface area contributed by atoms with E-state index in [4.69, 9.17) is 27.9 Å². The number of carbonyl (C=O) groups is 1. The van der Waals surface area contributed by atoms with Gasteiger partial charge >= 0.3 is 0 Å². The van der Waals surface area contributed by atoms with Gasteiger partial charge in [0.25, 0.3) is 0 Å². The fourth-order valence-corrected chi connectivity index (χ4v) is 6.11. The molecule has 1 amide bonds. The molecule has 0 aromatic heterocycles. The van der Waals surface area contributed by atoms with E-state index in [0.717, 1.165) is 49.4 Å². The van der Waals surface area contributed by atoms with Crippen LogP contribution in [0.4, 0.5) is 0 Å². The topological polar surface area (TPSA) is 61.8 Å². The van der Waals surface area contributed by atoms with Crippen molar-refractivity contribution in [2.24, 2.45) is 5.92 Å². The number of nitrogens with one attached hydrogen (secondary N) is 1. The molecular formula is C27H32Cl2N2O3. The third kappa shape index (κ3) is 5.28. The first-order valence-electron chi connectivity index (χ1n) is 11.7. The number of benzene rings is 2. The molecule has 1 saturated heterocycles. The number of methoxy groups -OCH3 is 1. The number of aliphatic hydroxyl groups is 1. The number of likely N-dealkylation sites (tertiary alicyclic amines) is 1. The molecule has 2 aliphatic rings. The van der Waals surface area contributed by atoms with Gasteiger partial charge in [0.15, 0.2) is 0 Å². The quantitative estimate of drug-likeness (QED) is 0.541. The number of ether oxygens (including phenoxy) is 1. The number of amides is 1. The predicted octanol–water partition coefficient (Wildman–Crippen LogP) is 4.63. The summed E-state index contributed by atoms with van der Waals surface area (Å²) in [5.41, 5.74) is 1.73. The van der Waals surface area contributed by atoms with Crippen LogP contribution < -0.4 is 10.1 Å². The second-order valence-corrected chi connectivity index (χ2v) is 10.3. The lowest BCUT2D eigenvalue weighted by atomic mass is 9.57. The van der Waals surface area contributed by atoms with Crippen molar-refractivity contribution in [3.05, 3.63) is 76.3 Å². The van der Waals surface area contributed by atoms with Crippen molar-refractivity contribution in [2.75, 3.05) is 26.7 Å². The van der Waals surface area contributed by atoms with E-state index in [1.54, 1.807) is 19.2 Å². The summed E-state index contributed by atoms with van der Waals surface area (Å²) in [5.74, 6) is 0.787. The first kappa shape index (κ1) is 25.1. The van der Waals surface area contributed by atoms with E-state index in [9.17, 15) is 9.90 Å². The van der Waals surface area contributed by atoms with Gasteiger partial charge in [-0.25, -0.2) is 0 Å². The Kier molecular flexibility index (Phi) is 7.88. The van der Waals surface area contributed by atoms with Crippen LogP contribution in [0.15, 0.2) is 55.1 Å². The van der Waals surface area contributed by atoms with Crippen LogP contribution in [0.5, 0.6) is 5.75 Å². The van der Waals surface area contributed by atoms with Crippen LogP contribution in [-0.4, -0.2) is 54.8 Å². The lowest BCUT2D eigenvalue weighted by Crippen LogP contribution is -2.61. The molecule has 4 atom stereocenters. The summed E-state index contributed by atoms with van der Waals surface area (Å²) in [6.07, 6.45) is 3.81. The maximum Gasteiger partial charge on any atom is 0.224 e. The highest BCUT2D eigenvalue weighted by atomic mass is 35.5. The Bertz CT molecular complexity index is 1050. The van der Waals surface area contributed by atoms with Crippen LogP contribution >= 0.6 is 23.2 Å². The summed E-state index contributed by atoms with van der Waals surface area (Å²) in [5, 5.41) is 15.4. The highest BCUT2D eigenvalue weighted by molar-refractivity contribution is 6.42. The lowest BCUT2D eigenvalue weighted by Gasteiger charge is -2.54. The van der Waals surface area contributed by atoms with E-state index >= 15 is 0 Å². The number of rotatable bonds is 7. The summed E-state index contributed by atoms with van der Waals surface area (Å²) < 4.78 is 5.51. The van der Waals surface area contributed by atoms with Gasteiger partial charge in [-0.3, -0.25) is 9.69 Å². The monoisotopic (exact) mass is 502 g/mol. The zero-order valence-corrected chi connectivity index (χ0v) is 21.0. The van der Waals surface area contributed by atoms with Crippen LogP contribution in [0.3, 0.4) is 0 Å². The smallest absolute Gasteiger partial charge is 0.224 e. The summed E-state index contributed by atoms with van der Waals surface area (Å²) >= 11 is 12.1. The normalized spacial score (nSPS) is 27.0. The SMILES string of the molecule is C=CCN1CCC2(c3cccc(OC)c3)CC(NC(=O)Cc3ccc(Cl)c(Cl)c3)CC(O)C2C1. The van der Waals surface area contributed by atoms with E-state index in [2.05, 4.69) is 28.9 Å². The summed E-state index contributed by atoms with van der Waals surface area (Å²) in [6.45, 7) is 6.40. The highest BCUT2D eigenvalue weighted by Gasteiger charge is 2.52. The first-order valence-corrected chi connectivity index (χ1v) is 12.5. The molecule has 4 unspecified atom stereocenters. The molecule has 182 valence electrons. The van der Waals surface area contributed by atoms with Crippen molar-refractivity contribution in [2.45, 2.75) is 43.2 Å². The third-order valence-corrected chi connectivity index (χ3v) is 8.12. The molecule has 34 heavy (non-hydrogen) atoms. The van der Waals surface area contributed by atoms with Crippen LogP contribution in [0.1, 0.15) is 30.4 Å². The van der Waals surface area contributed by atoms with Gasteiger partial charge in [0, 0.05) is 30.5 Å². The number of aliphatic hydroxyl groups excluding tert-OH is 1. The standard InChI is InChI=1S/C27H32Cl2N2O3/c1-3-10-31-11-9-27(19-5-4-6-21(14-19)34-2)16-20(15-25(32)22(27)17-31)30-26(33)13-18-7-8-23(28)24(29)12-18/h3-8,12,14,20,22,25,32H,1,9-11,13,15-17H2,2H3,(H,30,33). The molecule has 0 bridgehead atoms. The van der Waals surface area contributed by atoms with Gasteiger partial charge in [-0.2, -0.15) is 0 Å². The van der Waals surface area contributed by atoms with Gasteiger partial charge in [0.1, 0.15) is 5.75 Å². The van der Waals surface area contributed by atoms with Gasteiger partial charge < -0.3 is 15.2 Å². The first-order chi connectivity index (χ1) is 16.3. The largest absolute Gasteiger partial charge is 0.497 e. The summed E-state index contributed by atoms with van der Waals surface area (Å²) in [6, 6.07) is 13.3. The Balaban J connectivity index is 1.56.